The van der Waals surface area contributed by atoms with E-state index in [1.807, 2.05) is 31.4 Å². The van der Waals surface area contributed by atoms with E-state index in [2.05, 4.69) is 39.0 Å². The van der Waals surface area contributed by atoms with Gasteiger partial charge in [-0.25, -0.2) is 0 Å². The lowest BCUT2D eigenvalue weighted by molar-refractivity contribution is 0.106. The van der Waals surface area contributed by atoms with Crippen molar-refractivity contribution >= 4 is 11.3 Å². The van der Waals surface area contributed by atoms with Gasteiger partial charge >= 0.3 is 0 Å². The molecular weight excluding hydrogens is 252 g/mol. The molecule has 2 aromatic rings. The predicted octanol–water partition coefficient (Wildman–Crippen LogP) is 4.61. The van der Waals surface area contributed by atoms with Crippen molar-refractivity contribution in [3.05, 3.63) is 57.3 Å². The number of hydrogen-bond donors (Lipinski definition) is 1. The van der Waals surface area contributed by atoms with E-state index in [1.165, 1.54) is 5.56 Å². The highest BCUT2D eigenvalue weighted by Gasteiger charge is 2.28. The molecule has 0 saturated heterocycles. The Bertz CT molecular complexity index is 556. The van der Waals surface area contributed by atoms with Gasteiger partial charge in [-0.1, -0.05) is 45.0 Å². The highest BCUT2D eigenvalue weighted by molar-refractivity contribution is 7.10. The summed E-state index contributed by atoms with van der Waals surface area (Å²) < 4.78 is 0. The van der Waals surface area contributed by atoms with E-state index < -0.39 is 5.60 Å². The lowest BCUT2D eigenvalue weighted by Crippen LogP contribution is -2.22. The van der Waals surface area contributed by atoms with Crippen LogP contribution in [-0.4, -0.2) is 5.11 Å². The van der Waals surface area contributed by atoms with E-state index in [4.69, 9.17) is 0 Å². The van der Waals surface area contributed by atoms with E-state index >= 15 is 0 Å². The van der Waals surface area contributed by atoms with Crippen molar-refractivity contribution in [1.29, 1.82) is 0 Å². The van der Waals surface area contributed by atoms with Crippen LogP contribution in [0.3, 0.4) is 0 Å². The molecule has 1 aromatic carbocycles. The van der Waals surface area contributed by atoms with Crippen molar-refractivity contribution in [2.75, 3.05) is 0 Å². The lowest BCUT2D eigenvalue weighted by Gasteiger charge is -2.25. The molecule has 1 N–H and O–H groups in total. The van der Waals surface area contributed by atoms with Gasteiger partial charge in [0, 0.05) is 4.88 Å². The van der Waals surface area contributed by atoms with Gasteiger partial charge in [-0.05, 0) is 47.4 Å². The molecule has 102 valence electrons. The van der Waals surface area contributed by atoms with Crippen LogP contribution in [0.25, 0.3) is 0 Å². The average molecular weight is 274 g/mol. The Balaban J connectivity index is 2.40. The van der Waals surface area contributed by atoms with Crippen LogP contribution < -0.4 is 0 Å². The van der Waals surface area contributed by atoms with Crippen LogP contribution in [0.2, 0.25) is 0 Å². The van der Waals surface area contributed by atoms with Gasteiger partial charge in [-0.2, -0.15) is 0 Å². The second-order valence-corrected chi connectivity index (χ2v) is 7.25. The van der Waals surface area contributed by atoms with Crippen molar-refractivity contribution in [3.8, 4) is 0 Å². The Morgan fingerprint density at radius 1 is 0.895 bits per heavy atom. The first kappa shape index (κ1) is 14.3. The van der Waals surface area contributed by atoms with Gasteiger partial charge in [0.25, 0.3) is 0 Å². The Labute approximate surface area is 119 Å². The molecule has 0 amide bonds. The number of aliphatic hydroxyl groups is 1. The number of rotatable bonds is 2. The number of hydrogen-bond acceptors (Lipinski definition) is 2. The average Bonchev–Trinajstić information content (AvgIpc) is 2.75. The largest absolute Gasteiger partial charge is 0.380 e. The Morgan fingerprint density at radius 3 is 1.84 bits per heavy atom. The van der Waals surface area contributed by atoms with Crippen LogP contribution in [0.5, 0.6) is 0 Å². The van der Waals surface area contributed by atoms with E-state index in [0.717, 1.165) is 16.0 Å². The molecule has 0 aliphatic carbocycles. The van der Waals surface area contributed by atoms with E-state index in [-0.39, 0.29) is 5.41 Å². The maximum Gasteiger partial charge on any atom is 0.121 e. The summed E-state index contributed by atoms with van der Waals surface area (Å²) in [4.78, 5) is 1.02. The summed E-state index contributed by atoms with van der Waals surface area (Å²) in [6.07, 6.45) is 0. The highest BCUT2D eigenvalue weighted by atomic mass is 32.1. The van der Waals surface area contributed by atoms with Crippen molar-refractivity contribution in [1.82, 2.24) is 0 Å². The second-order valence-electron chi connectivity index (χ2n) is 6.33. The number of thiophene rings is 1. The summed E-state index contributed by atoms with van der Waals surface area (Å²) in [5, 5.41) is 12.9. The third-order valence-corrected chi connectivity index (χ3v) is 4.84. The molecule has 0 fully saturated rings. The van der Waals surface area contributed by atoms with Crippen LogP contribution in [0.1, 0.15) is 49.3 Å². The molecule has 1 heterocycles. The van der Waals surface area contributed by atoms with E-state index in [1.54, 1.807) is 11.3 Å². The zero-order chi connectivity index (χ0) is 14.3. The van der Waals surface area contributed by atoms with Crippen LogP contribution >= 0.6 is 11.3 Å². The van der Waals surface area contributed by atoms with Crippen molar-refractivity contribution in [2.45, 2.75) is 45.6 Å². The topological polar surface area (TPSA) is 20.2 Å². The molecule has 1 nitrogen and oxygen atoms in total. The Hall–Kier alpha value is -1.12. The first-order chi connectivity index (χ1) is 8.73. The van der Waals surface area contributed by atoms with Crippen LogP contribution in [0.15, 0.2) is 35.7 Å². The van der Waals surface area contributed by atoms with Gasteiger partial charge in [0.15, 0.2) is 0 Å². The first-order valence-electron chi connectivity index (χ1n) is 6.61. The maximum atomic E-state index is 10.8. The third kappa shape index (κ3) is 2.75. The monoisotopic (exact) mass is 274 g/mol. The number of benzene rings is 1. The summed E-state index contributed by atoms with van der Waals surface area (Å²) in [6.45, 7) is 10.5. The summed E-state index contributed by atoms with van der Waals surface area (Å²) >= 11 is 1.61. The molecule has 1 atom stereocenters. The fourth-order valence-electron chi connectivity index (χ4n) is 2.30. The quantitative estimate of drug-likeness (QED) is 0.848. The molecule has 2 heteroatoms. The second kappa shape index (κ2) is 4.77. The van der Waals surface area contributed by atoms with Gasteiger partial charge in [-0.3, -0.25) is 0 Å². The van der Waals surface area contributed by atoms with Crippen molar-refractivity contribution < 1.29 is 5.11 Å². The minimum atomic E-state index is -0.908. The Kier molecular flexibility index (Phi) is 3.59. The lowest BCUT2D eigenvalue weighted by atomic mass is 9.84. The predicted molar refractivity (Wildman–Crippen MR) is 82.9 cm³/mol. The number of aryl methyl sites for hydroxylation is 1. The summed E-state index contributed by atoms with van der Waals surface area (Å²) in [5.41, 5.74) is 2.62. The maximum absolute atomic E-state index is 10.8. The minimum Gasteiger partial charge on any atom is -0.380 e. The van der Waals surface area contributed by atoms with Crippen LogP contribution in [0.4, 0.5) is 0 Å². The molecule has 0 aliphatic rings. The highest BCUT2D eigenvalue weighted by Crippen LogP contribution is 2.35. The molecule has 0 saturated carbocycles. The van der Waals surface area contributed by atoms with Crippen molar-refractivity contribution in [3.63, 3.8) is 0 Å². The van der Waals surface area contributed by atoms with E-state index in [9.17, 15) is 5.11 Å². The molecular formula is C17H22OS. The molecule has 0 radical (unpaired) electrons. The fraction of sp³-hybridized carbons (Fsp3) is 0.412. The standard InChI is InChI=1S/C17H22OS/c1-12-10-11-19-15(12)17(5,18)14-8-6-13(7-9-14)16(2,3)4/h6-11,18H,1-5H3. The minimum absolute atomic E-state index is 0.142. The smallest absolute Gasteiger partial charge is 0.121 e. The molecule has 0 aliphatic heterocycles. The van der Waals surface area contributed by atoms with Gasteiger partial charge < -0.3 is 5.11 Å². The molecule has 2 rings (SSSR count). The summed E-state index contributed by atoms with van der Waals surface area (Å²) in [7, 11) is 0. The summed E-state index contributed by atoms with van der Waals surface area (Å²) in [6, 6.07) is 10.4. The van der Waals surface area contributed by atoms with Crippen molar-refractivity contribution in [2.24, 2.45) is 0 Å². The van der Waals surface area contributed by atoms with Gasteiger partial charge in [0.2, 0.25) is 0 Å². The third-order valence-electron chi connectivity index (χ3n) is 3.62. The van der Waals surface area contributed by atoms with E-state index in [0.29, 0.717) is 0 Å². The molecule has 1 aromatic heterocycles. The summed E-state index contributed by atoms with van der Waals surface area (Å²) in [5.74, 6) is 0. The molecule has 0 spiro atoms. The van der Waals surface area contributed by atoms with Gasteiger partial charge in [0.1, 0.15) is 5.60 Å². The van der Waals surface area contributed by atoms with Crippen LogP contribution in [-0.2, 0) is 11.0 Å². The SMILES string of the molecule is Cc1ccsc1C(C)(O)c1ccc(C(C)(C)C)cc1. The molecule has 1 unspecified atom stereocenters. The zero-order valence-electron chi connectivity index (χ0n) is 12.3. The van der Waals surface area contributed by atoms with Gasteiger partial charge in [0.05, 0.1) is 0 Å². The van der Waals surface area contributed by atoms with Crippen LogP contribution in [0, 0.1) is 6.92 Å². The normalized spacial score (nSPS) is 15.3. The fourth-order valence-corrected chi connectivity index (χ4v) is 3.31. The Morgan fingerprint density at radius 2 is 1.42 bits per heavy atom. The van der Waals surface area contributed by atoms with Gasteiger partial charge in [-0.15, -0.1) is 11.3 Å². The first-order valence-corrected chi connectivity index (χ1v) is 7.49. The molecule has 0 bridgehead atoms. The zero-order valence-corrected chi connectivity index (χ0v) is 13.1. The molecule has 19 heavy (non-hydrogen) atoms.